The molecule has 1 aliphatic rings. The predicted molar refractivity (Wildman–Crippen MR) is 107 cm³/mol. The van der Waals surface area contributed by atoms with Gasteiger partial charge in [0.15, 0.2) is 6.61 Å². The molecule has 2 aromatic rings. The van der Waals surface area contributed by atoms with Gasteiger partial charge in [-0.05, 0) is 56.2 Å². The molecule has 2 aromatic carbocycles. The first-order chi connectivity index (χ1) is 13.3. The molecule has 6 heteroatoms. The summed E-state index contributed by atoms with van der Waals surface area (Å²) in [5.41, 5.74) is 4.72. The Morgan fingerprint density at radius 1 is 1.07 bits per heavy atom. The number of nitrogens with one attached hydrogen (secondary N) is 1. The summed E-state index contributed by atoms with van der Waals surface area (Å²) in [5.74, 6) is -1.62. The van der Waals surface area contributed by atoms with Crippen molar-refractivity contribution in [3.63, 3.8) is 0 Å². The van der Waals surface area contributed by atoms with E-state index in [0.717, 1.165) is 22.4 Å². The topological polar surface area (TPSA) is 75.7 Å². The molecule has 1 saturated heterocycles. The lowest BCUT2D eigenvalue weighted by Gasteiger charge is -2.16. The Labute approximate surface area is 164 Å². The SMILES string of the molecule is Cc1ccc(N2CC(C(=O)OCC(=O)Nc3ccc(C)c(C)c3)CC2=O)cc1. The van der Waals surface area contributed by atoms with Crippen LogP contribution >= 0.6 is 0 Å². The van der Waals surface area contributed by atoms with Gasteiger partial charge < -0.3 is 15.0 Å². The number of aryl methyl sites for hydroxylation is 3. The second-order valence-electron chi connectivity index (χ2n) is 7.20. The van der Waals surface area contributed by atoms with E-state index in [1.807, 2.05) is 57.2 Å². The van der Waals surface area contributed by atoms with Crippen molar-refractivity contribution in [2.24, 2.45) is 5.92 Å². The highest BCUT2D eigenvalue weighted by atomic mass is 16.5. The molecule has 1 aliphatic heterocycles. The van der Waals surface area contributed by atoms with Crippen LogP contribution in [0.1, 0.15) is 23.1 Å². The van der Waals surface area contributed by atoms with Gasteiger partial charge in [0, 0.05) is 24.3 Å². The highest BCUT2D eigenvalue weighted by molar-refractivity contribution is 6.00. The van der Waals surface area contributed by atoms with Crippen LogP contribution in [-0.2, 0) is 19.1 Å². The first-order valence-corrected chi connectivity index (χ1v) is 9.24. The van der Waals surface area contributed by atoms with Gasteiger partial charge in [-0.1, -0.05) is 23.8 Å². The largest absolute Gasteiger partial charge is 0.455 e. The molecule has 1 N–H and O–H groups in total. The third-order valence-corrected chi connectivity index (χ3v) is 4.94. The zero-order chi connectivity index (χ0) is 20.3. The Bertz CT molecular complexity index is 905. The standard InChI is InChI=1S/C22H24N2O4/c1-14-4-8-19(9-5-14)24-12-17(11-21(24)26)22(27)28-13-20(25)23-18-7-6-15(2)16(3)10-18/h4-10,17H,11-13H2,1-3H3,(H,23,25). The number of carbonyl (C=O) groups is 3. The summed E-state index contributed by atoms with van der Waals surface area (Å²) in [5, 5.41) is 2.71. The summed E-state index contributed by atoms with van der Waals surface area (Å²) >= 11 is 0. The van der Waals surface area contributed by atoms with E-state index in [1.54, 1.807) is 11.0 Å². The molecule has 6 nitrogen and oxygen atoms in total. The fraction of sp³-hybridized carbons (Fsp3) is 0.318. The molecule has 146 valence electrons. The lowest BCUT2D eigenvalue weighted by Crippen LogP contribution is -2.28. The third-order valence-electron chi connectivity index (χ3n) is 4.94. The van der Waals surface area contributed by atoms with Gasteiger partial charge >= 0.3 is 5.97 Å². The van der Waals surface area contributed by atoms with Crippen molar-refractivity contribution >= 4 is 29.2 Å². The van der Waals surface area contributed by atoms with Gasteiger partial charge in [-0.2, -0.15) is 0 Å². The van der Waals surface area contributed by atoms with Crippen LogP contribution in [0.2, 0.25) is 0 Å². The maximum atomic E-state index is 12.3. The van der Waals surface area contributed by atoms with E-state index in [4.69, 9.17) is 4.74 Å². The van der Waals surface area contributed by atoms with Crippen LogP contribution in [0, 0.1) is 26.7 Å². The summed E-state index contributed by atoms with van der Waals surface area (Å²) in [6.07, 6.45) is 0.0888. The van der Waals surface area contributed by atoms with Crippen LogP contribution < -0.4 is 10.2 Å². The zero-order valence-corrected chi connectivity index (χ0v) is 16.3. The fourth-order valence-electron chi connectivity index (χ4n) is 3.11. The van der Waals surface area contributed by atoms with Gasteiger partial charge in [0.1, 0.15) is 0 Å². The van der Waals surface area contributed by atoms with E-state index < -0.39 is 17.8 Å². The normalized spacial score (nSPS) is 16.2. The van der Waals surface area contributed by atoms with Crippen LogP contribution in [0.5, 0.6) is 0 Å². The number of ether oxygens (including phenoxy) is 1. The number of rotatable bonds is 5. The predicted octanol–water partition coefficient (Wildman–Crippen LogP) is 3.15. The van der Waals surface area contributed by atoms with E-state index in [0.29, 0.717) is 5.69 Å². The second kappa shape index (κ2) is 8.25. The van der Waals surface area contributed by atoms with Crippen molar-refractivity contribution in [2.45, 2.75) is 27.2 Å². The molecular weight excluding hydrogens is 356 g/mol. The van der Waals surface area contributed by atoms with Crippen LogP contribution in [0.15, 0.2) is 42.5 Å². The Kier molecular flexibility index (Phi) is 5.78. The van der Waals surface area contributed by atoms with Crippen LogP contribution in [0.25, 0.3) is 0 Å². The molecular formula is C22H24N2O4. The Morgan fingerprint density at radius 2 is 1.79 bits per heavy atom. The van der Waals surface area contributed by atoms with Gasteiger partial charge in [-0.3, -0.25) is 14.4 Å². The number of carbonyl (C=O) groups excluding carboxylic acids is 3. The average Bonchev–Trinajstić information content (AvgIpc) is 3.05. The van der Waals surface area contributed by atoms with E-state index in [2.05, 4.69) is 5.32 Å². The van der Waals surface area contributed by atoms with Gasteiger partial charge in [-0.25, -0.2) is 0 Å². The number of nitrogens with zero attached hydrogens (tertiary/aromatic N) is 1. The highest BCUT2D eigenvalue weighted by Crippen LogP contribution is 2.26. The van der Waals surface area contributed by atoms with Gasteiger partial charge in [0.25, 0.3) is 5.91 Å². The van der Waals surface area contributed by atoms with Crippen LogP contribution in [-0.4, -0.2) is 30.9 Å². The second-order valence-corrected chi connectivity index (χ2v) is 7.20. The van der Waals surface area contributed by atoms with E-state index in [9.17, 15) is 14.4 Å². The summed E-state index contributed by atoms with van der Waals surface area (Å²) in [6.45, 7) is 5.81. The minimum atomic E-state index is -0.566. The number of amides is 2. The minimum Gasteiger partial charge on any atom is -0.455 e. The zero-order valence-electron chi connectivity index (χ0n) is 16.3. The number of anilines is 2. The molecule has 0 bridgehead atoms. The van der Waals surface area contributed by atoms with Crippen molar-refractivity contribution in [3.05, 3.63) is 59.2 Å². The van der Waals surface area contributed by atoms with Crippen LogP contribution in [0.3, 0.4) is 0 Å². The summed E-state index contributed by atoms with van der Waals surface area (Å²) in [7, 11) is 0. The number of hydrogen-bond acceptors (Lipinski definition) is 4. The average molecular weight is 380 g/mol. The molecule has 2 amide bonds. The molecule has 1 fully saturated rings. The lowest BCUT2D eigenvalue weighted by molar-refractivity contribution is -0.151. The quantitative estimate of drug-likeness (QED) is 0.809. The number of benzene rings is 2. The smallest absolute Gasteiger partial charge is 0.311 e. The maximum Gasteiger partial charge on any atom is 0.311 e. The first kappa shape index (κ1) is 19.6. The van der Waals surface area contributed by atoms with Crippen molar-refractivity contribution in [2.75, 3.05) is 23.4 Å². The van der Waals surface area contributed by atoms with Crippen molar-refractivity contribution < 1.29 is 19.1 Å². The van der Waals surface area contributed by atoms with Gasteiger partial charge in [-0.15, -0.1) is 0 Å². The fourth-order valence-corrected chi connectivity index (χ4v) is 3.11. The van der Waals surface area contributed by atoms with Crippen molar-refractivity contribution in [1.29, 1.82) is 0 Å². The van der Waals surface area contributed by atoms with Crippen LogP contribution in [0.4, 0.5) is 11.4 Å². The molecule has 0 saturated carbocycles. The molecule has 3 rings (SSSR count). The van der Waals surface area contributed by atoms with E-state index >= 15 is 0 Å². The minimum absolute atomic E-state index is 0.0888. The molecule has 1 atom stereocenters. The van der Waals surface area contributed by atoms with Gasteiger partial charge in [0.05, 0.1) is 5.92 Å². The van der Waals surface area contributed by atoms with Crippen molar-refractivity contribution in [3.8, 4) is 0 Å². The third kappa shape index (κ3) is 4.57. The number of hydrogen-bond donors (Lipinski definition) is 1. The highest BCUT2D eigenvalue weighted by Gasteiger charge is 2.36. The molecule has 0 aliphatic carbocycles. The van der Waals surface area contributed by atoms with Crippen molar-refractivity contribution in [1.82, 2.24) is 0 Å². The molecule has 0 spiro atoms. The van der Waals surface area contributed by atoms with E-state index in [-0.39, 0.29) is 25.5 Å². The molecule has 1 heterocycles. The Balaban J connectivity index is 1.52. The Morgan fingerprint density at radius 3 is 2.46 bits per heavy atom. The summed E-state index contributed by atoms with van der Waals surface area (Å²) < 4.78 is 5.14. The molecule has 0 aromatic heterocycles. The molecule has 28 heavy (non-hydrogen) atoms. The maximum absolute atomic E-state index is 12.3. The van der Waals surface area contributed by atoms with Gasteiger partial charge in [0.2, 0.25) is 5.91 Å². The summed E-state index contributed by atoms with van der Waals surface area (Å²) in [6, 6.07) is 13.1. The monoisotopic (exact) mass is 380 g/mol. The first-order valence-electron chi connectivity index (χ1n) is 9.24. The molecule has 1 unspecified atom stereocenters. The Hall–Kier alpha value is -3.15. The molecule has 0 radical (unpaired) electrons. The lowest BCUT2D eigenvalue weighted by atomic mass is 10.1. The summed E-state index contributed by atoms with van der Waals surface area (Å²) in [4.78, 5) is 38.2. The van der Waals surface area contributed by atoms with E-state index in [1.165, 1.54) is 0 Å². The number of esters is 1.